The fourth-order valence-electron chi connectivity index (χ4n) is 0.732. The summed E-state index contributed by atoms with van der Waals surface area (Å²) in [6.07, 6.45) is -2.48. The van der Waals surface area contributed by atoms with Crippen LogP contribution >= 0.6 is 0 Å². The fourth-order valence-corrected chi connectivity index (χ4v) is 0.732. The molecule has 0 heterocycles. The van der Waals surface area contributed by atoms with Crippen LogP contribution in [0.15, 0.2) is 0 Å². The molecule has 0 aliphatic heterocycles. The van der Waals surface area contributed by atoms with Gasteiger partial charge < -0.3 is 14.9 Å². The summed E-state index contributed by atoms with van der Waals surface area (Å²) in [5.74, 6) is -0.928. The van der Waals surface area contributed by atoms with Gasteiger partial charge in [-0.05, 0) is 12.8 Å². The van der Waals surface area contributed by atoms with Crippen LogP contribution in [0, 0.1) is 5.92 Å². The smallest absolute Gasteiger partial charge is 0.337 e. The average Bonchev–Trinajstić information content (AvgIpc) is 2.02. The van der Waals surface area contributed by atoms with Crippen molar-refractivity contribution in [2.75, 3.05) is 6.61 Å². The van der Waals surface area contributed by atoms with Gasteiger partial charge in [0.05, 0.1) is 12.7 Å². The SMILES string of the molecule is CCOC(=O)[C@H](O)[C@H](O)C(C)C. The molecule has 2 N–H and O–H groups in total. The maximum atomic E-state index is 10.9. The molecule has 0 saturated carbocycles. The van der Waals surface area contributed by atoms with Crippen molar-refractivity contribution in [3.05, 3.63) is 0 Å². The number of aliphatic hydroxyl groups is 2. The average molecular weight is 176 g/mol. The molecule has 0 aliphatic rings. The van der Waals surface area contributed by atoms with Gasteiger partial charge in [-0.1, -0.05) is 13.8 Å². The van der Waals surface area contributed by atoms with E-state index in [1.807, 2.05) is 0 Å². The molecular weight excluding hydrogens is 160 g/mol. The van der Waals surface area contributed by atoms with Crippen molar-refractivity contribution >= 4 is 5.97 Å². The molecule has 2 atom stereocenters. The van der Waals surface area contributed by atoms with E-state index in [1.54, 1.807) is 20.8 Å². The zero-order chi connectivity index (χ0) is 9.72. The lowest BCUT2D eigenvalue weighted by molar-refractivity contribution is -0.160. The summed E-state index contributed by atoms with van der Waals surface area (Å²) < 4.78 is 4.53. The summed E-state index contributed by atoms with van der Waals surface area (Å²) in [6, 6.07) is 0. The molecule has 0 radical (unpaired) electrons. The van der Waals surface area contributed by atoms with Crippen LogP contribution in [0.25, 0.3) is 0 Å². The third kappa shape index (κ3) is 3.19. The summed E-state index contributed by atoms with van der Waals surface area (Å²) >= 11 is 0. The van der Waals surface area contributed by atoms with Crippen molar-refractivity contribution in [1.82, 2.24) is 0 Å². The summed E-state index contributed by atoms with van der Waals surface area (Å²) in [5.41, 5.74) is 0. The second kappa shape index (κ2) is 5.11. The van der Waals surface area contributed by atoms with Crippen molar-refractivity contribution in [3.63, 3.8) is 0 Å². The van der Waals surface area contributed by atoms with Gasteiger partial charge >= 0.3 is 5.97 Å². The largest absolute Gasteiger partial charge is 0.464 e. The number of carbonyl (C=O) groups excluding carboxylic acids is 1. The van der Waals surface area contributed by atoms with Crippen molar-refractivity contribution in [1.29, 1.82) is 0 Å². The Labute approximate surface area is 72.2 Å². The van der Waals surface area contributed by atoms with E-state index in [9.17, 15) is 9.90 Å². The van der Waals surface area contributed by atoms with E-state index < -0.39 is 18.2 Å². The summed E-state index contributed by atoms with van der Waals surface area (Å²) in [7, 11) is 0. The molecule has 4 heteroatoms. The Kier molecular flexibility index (Phi) is 4.85. The summed E-state index contributed by atoms with van der Waals surface area (Å²) in [4.78, 5) is 10.9. The molecule has 0 aliphatic carbocycles. The van der Waals surface area contributed by atoms with Gasteiger partial charge in [-0.15, -0.1) is 0 Å². The Hall–Kier alpha value is -0.610. The normalized spacial score (nSPS) is 15.8. The Bertz CT molecular complexity index is 144. The Morgan fingerprint density at radius 2 is 1.92 bits per heavy atom. The lowest BCUT2D eigenvalue weighted by Crippen LogP contribution is -2.38. The van der Waals surface area contributed by atoms with Gasteiger partial charge in [-0.3, -0.25) is 0 Å². The predicted molar refractivity (Wildman–Crippen MR) is 43.5 cm³/mol. The Morgan fingerprint density at radius 1 is 1.42 bits per heavy atom. The molecule has 12 heavy (non-hydrogen) atoms. The van der Waals surface area contributed by atoms with Crippen molar-refractivity contribution in [2.24, 2.45) is 5.92 Å². The maximum Gasteiger partial charge on any atom is 0.337 e. The first-order valence-electron chi connectivity index (χ1n) is 4.03. The number of carbonyl (C=O) groups is 1. The molecule has 0 aromatic heterocycles. The Morgan fingerprint density at radius 3 is 2.25 bits per heavy atom. The maximum absolute atomic E-state index is 10.9. The number of aliphatic hydroxyl groups excluding tert-OH is 2. The molecule has 0 spiro atoms. The monoisotopic (exact) mass is 176 g/mol. The molecular formula is C8H16O4. The highest BCUT2D eigenvalue weighted by molar-refractivity contribution is 5.75. The number of hydrogen-bond donors (Lipinski definition) is 2. The third-order valence-electron chi connectivity index (χ3n) is 1.53. The van der Waals surface area contributed by atoms with Gasteiger partial charge in [0, 0.05) is 0 Å². The van der Waals surface area contributed by atoms with Crippen LogP contribution in [-0.2, 0) is 9.53 Å². The van der Waals surface area contributed by atoms with E-state index in [0.717, 1.165) is 0 Å². The lowest BCUT2D eigenvalue weighted by Gasteiger charge is -2.18. The number of hydrogen-bond acceptors (Lipinski definition) is 4. The van der Waals surface area contributed by atoms with Crippen molar-refractivity contribution in [3.8, 4) is 0 Å². The van der Waals surface area contributed by atoms with Crippen LogP contribution in [0.1, 0.15) is 20.8 Å². The van der Waals surface area contributed by atoms with E-state index in [4.69, 9.17) is 5.11 Å². The number of ether oxygens (including phenoxy) is 1. The third-order valence-corrected chi connectivity index (χ3v) is 1.53. The van der Waals surface area contributed by atoms with Crippen LogP contribution in [-0.4, -0.2) is 35.0 Å². The number of esters is 1. The predicted octanol–water partition coefficient (Wildman–Crippen LogP) is -0.0727. The first kappa shape index (κ1) is 11.4. The van der Waals surface area contributed by atoms with Crippen LogP contribution < -0.4 is 0 Å². The minimum Gasteiger partial charge on any atom is -0.464 e. The molecule has 0 fully saturated rings. The molecule has 0 unspecified atom stereocenters. The van der Waals surface area contributed by atoms with E-state index in [-0.39, 0.29) is 12.5 Å². The Balaban J connectivity index is 4.00. The second-order valence-electron chi connectivity index (χ2n) is 2.93. The van der Waals surface area contributed by atoms with E-state index in [1.165, 1.54) is 0 Å². The molecule has 0 aromatic rings. The highest BCUT2D eigenvalue weighted by atomic mass is 16.5. The quantitative estimate of drug-likeness (QED) is 0.588. The zero-order valence-electron chi connectivity index (χ0n) is 7.65. The molecule has 4 nitrogen and oxygen atoms in total. The minimum absolute atomic E-state index is 0.163. The second-order valence-corrected chi connectivity index (χ2v) is 2.93. The van der Waals surface area contributed by atoms with E-state index in [2.05, 4.69) is 4.74 Å². The molecule has 72 valence electrons. The van der Waals surface area contributed by atoms with Gasteiger partial charge in [-0.25, -0.2) is 4.79 Å². The molecule has 0 aromatic carbocycles. The molecule has 0 bridgehead atoms. The van der Waals surface area contributed by atoms with Crippen LogP contribution in [0.4, 0.5) is 0 Å². The molecule has 0 saturated heterocycles. The summed E-state index contributed by atoms with van der Waals surface area (Å²) in [6.45, 7) is 5.29. The van der Waals surface area contributed by atoms with Crippen LogP contribution in [0.5, 0.6) is 0 Å². The van der Waals surface area contributed by atoms with Gasteiger partial charge in [0.25, 0.3) is 0 Å². The summed E-state index contributed by atoms with van der Waals surface area (Å²) in [5, 5.41) is 18.4. The van der Waals surface area contributed by atoms with Gasteiger partial charge in [0.2, 0.25) is 0 Å². The van der Waals surface area contributed by atoms with Gasteiger partial charge in [0.15, 0.2) is 6.10 Å². The van der Waals surface area contributed by atoms with Crippen molar-refractivity contribution in [2.45, 2.75) is 33.0 Å². The van der Waals surface area contributed by atoms with Gasteiger partial charge in [0.1, 0.15) is 0 Å². The van der Waals surface area contributed by atoms with Crippen LogP contribution in [0.3, 0.4) is 0 Å². The van der Waals surface area contributed by atoms with E-state index >= 15 is 0 Å². The van der Waals surface area contributed by atoms with Gasteiger partial charge in [-0.2, -0.15) is 0 Å². The first-order chi connectivity index (χ1) is 5.50. The molecule has 0 rings (SSSR count). The highest BCUT2D eigenvalue weighted by Crippen LogP contribution is 2.07. The minimum atomic E-state index is -1.43. The standard InChI is InChI=1S/C8H16O4/c1-4-12-8(11)7(10)6(9)5(2)3/h5-7,9-10H,4H2,1-3H3/t6-,7-/m1/s1. The first-order valence-corrected chi connectivity index (χ1v) is 4.03. The van der Waals surface area contributed by atoms with Crippen LogP contribution in [0.2, 0.25) is 0 Å². The topological polar surface area (TPSA) is 66.8 Å². The highest BCUT2D eigenvalue weighted by Gasteiger charge is 2.27. The molecule has 0 amide bonds. The number of rotatable bonds is 4. The fraction of sp³-hybridized carbons (Fsp3) is 0.875. The zero-order valence-corrected chi connectivity index (χ0v) is 7.65. The lowest BCUT2D eigenvalue weighted by atomic mass is 10.0. The van der Waals surface area contributed by atoms with Crippen molar-refractivity contribution < 1.29 is 19.7 Å². The van der Waals surface area contributed by atoms with E-state index in [0.29, 0.717) is 0 Å².